The number of ether oxygens (including phenoxy) is 1. The zero-order valence-corrected chi connectivity index (χ0v) is 27.0. The minimum atomic E-state index is -3.35. The summed E-state index contributed by atoms with van der Waals surface area (Å²) in [5, 5.41) is 5.83. The Balaban J connectivity index is 1.19. The van der Waals surface area contributed by atoms with E-state index in [0.29, 0.717) is 34.6 Å². The first kappa shape index (κ1) is 32.7. The lowest BCUT2D eigenvalue weighted by atomic mass is 10.0. The average Bonchev–Trinajstić information content (AvgIpc) is 3.04. The lowest BCUT2D eigenvalue weighted by molar-refractivity contribution is 0.0963. The fraction of sp³-hybridized carbons (Fsp3) is 0.242. The number of nitrogens with zero attached hydrogens (tertiary/aromatic N) is 3. The molecule has 240 valence electrons. The molecule has 1 aliphatic rings. The van der Waals surface area contributed by atoms with Gasteiger partial charge in [-0.15, -0.1) is 0 Å². The van der Waals surface area contributed by atoms with Crippen LogP contribution in [-0.4, -0.2) is 62.7 Å². The first-order valence-corrected chi connectivity index (χ1v) is 16.9. The number of likely N-dealkylation sites (tertiary alicyclic amines) is 1. The molecular weight excluding hydrogens is 628 g/mol. The van der Waals surface area contributed by atoms with E-state index in [4.69, 9.17) is 16.3 Å². The zero-order chi connectivity index (χ0) is 32.7. The summed E-state index contributed by atoms with van der Waals surface area (Å²) in [7, 11) is -1.82. The number of para-hydroxylation sites is 1. The van der Waals surface area contributed by atoms with Crippen molar-refractivity contribution in [2.75, 3.05) is 41.3 Å². The van der Waals surface area contributed by atoms with Crippen LogP contribution in [0.25, 0.3) is 0 Å². The molecule has 0 atom stereocenters. The van der Waals surface area contributed by atoms with Gasteiger partial charge >= 0.3 is 6.03 Å². The summed E-state index contributed by atoms with van der Waals surface area (Å²) in [6.45, 7) is 2.28. The van der Waals surface area contributed by atoms with Gasteiger partial charge < -0.3 is 15.4 Å². The second-order valence-corrected chi connectivity index (χ2v) is 13.1. The SMILES string of the molecule is CNC(=O)c1cc(NC(=O)N(c2ccccc2)C2CCN(Cc3ccc(Oc4ccc(NS(C)(=O)=O)cc4)nc3)CC2)ccc1Cl. The summed E-state index contributed by atoms with van der Waals surface area (Å²) < 4.78 is 31.0. The molecule has 11 nitrogen and oxygen atoms in total. The predicted octanol–water partition coefficient (Wildman–Crippen LogP) is 5.96. The lowest BCUT2D eigenvalue weighted by Crippen LogP contribution is -2.49. The zero-order valence-electron chi connectivity index (χ0n) is 25.4. The minimum absolute atomic E-state index is 0.0303. The Morgan fingerprint density at radius 2 is 1.67 bits per heavy atom. The number of piperidine rings is 1. The highest BCUT2D eigenvalue weighted by Crippen LogP contribution is 2.28. The number of hydrogen-bond donors (Lipinski definition) is 3. The third-order valence-electron chi connectivity index (χ3n) is 7.45. The Hall–Kier alpha value is -4.65. The second-order valence-electron chi connectivity index (χ2n) is 10.9. The molecule has 2 heterocycles. The topological polar surface area (TPSA) is 133 Å². The van der Waals surface area contributed by atoms with Crippen LogP contribution in [-0.2, 0) is 16.6 Å². The molecule has 1 aliphatic heterocycles. The van der Waals surface area contributed by atoms with E-state index in [1.165, 1.54) is 7.05 Å². The van der Waals surface area contributed by atoms with Gasteiger partial charge in [0.1, 0.15) is 5.75 Å². The van der Waals surface area contributed by atoms with Crippen molar-refractivity contribution >= 4 is 50.6 Å². The Bertz CT molecular complexity index is 1760. The smallest absolute Gasteiger partial charge is 0.326 e. The number of sulfonamides is 1. The van der Waals surface area contributed by atoms with Gasteiger partial charge in [-0.25, -0.2) is 18.2 Å². The third kappa shape index (κ3) is 8.75. The van der Waals surface area contributed by atoms with Crippen LogP contribution in [0.15, 0.2) is 91.1 Å². The Morgan fingerprint density at radius 3 is 2.30 bits per heavy atom. The molecule has 0 radical (unpaired) electrons. The first-order chi connectivity index (χ1) is 22.1. The van der Waals surface area contributed by atoms with Crippen LogP contribution in [0.3, 0.4) is 0 Å². The van der Waals surface area contributed by atoms with Crippen LogP contribution in [0.4, 0.5) is 21.9 Å². The molecule has 1 fully saturated rings. The van der Waals surface area contributed by atoms with Crippen LogP contribution < -0.4 is 25.0 Å². The summed E-state index contributed by atoms with van der Waals surface area (Å²) in [6.07, 6.45) is 4.42. The number of aromatic nitrogens is 1. The Kier molecular flexibility index (Phi) is 10.4. The van der Waals surface area contributed by atoms with E-state index in [2.05, 4.69) is 25.2 Å². The third-order valence-corrected chi connectivity index (χ3v) is 8.38. The number of nitrogens with one attached hydrogen (secondary N) is 3. The monoisotopic (exact) mass is 662 g/mol. The molecule has 0 spiro atoms. The van der Waals surface area contributed by atoms with Crippen LogP contribution >= 0.6 is 11.6 Å². The van der Waals surface area contributed by atoms with E-state index in [9.17, 15) is 18.0 Å². The summed E-state index contributed by atoms with van der Waals surface area (Å²) in [5.74, 6) is 0.636. The highest BCUT2D eigenvalue weighted by Gasteiger charge is 2.29. The molecule has 46 heavy (non-hydrogen) atoms. The number of anilines is 3. The van der Waals surface area contributed by atoms with Gasteiger partial charge in [0.05, 0.1) is 16.8 Å². The molecule has 0 saturated carbocycles. The highest BCUT2D eigenvalue weighted by atomic mass is 35.5. The van der Waals surface area contributed by atoms with Crippen molar-refractivity contribution in [2.24, 2.45) is 0 Å². The summed E-state index contributed by atoms with van der Waals surface area (Å²) in [4.78, 5) is 34.5. The molecule has 0 unspecified atom stereocenters. The normalized spacial score (nSPS) is 13.9. The van der Waals surface area contributed by atoms with Gasteiger partial charge in [0.15, 0.2) is 0 Å². The molecule has 0 bridgehead atoms. The average molecular weight is 663 g/mol. The molecule has 0 aliphatic carbocycles. The van der Waals surface area contributed by atoms with E-state index in [1.54, 1.807) is 59.6 Å². The van der Waals surface area contributed by atoms with Crippen LogP contribution in [0.5, 0.6) is 11.6 Å². The van der Waals surface area contributed by atoms with E-state index >= 15 is 0 Å². The van der Waals surface area contributed by atoms with Gasteiger partial charge in [-0.05, 0) is 73.0 Å². The number of carbonyl (C=O) groups excluding carboxylic acids is 2. The minimum Gasteiger partial charge on any atom is -0.439 e. The number of rotatable bonds is 10. The number of amides is 3. The van der Waals surface area contributed by atoms with E-state index in [1.807, 2.05) is 36.4 Å². The number of halogens is 1. The maximum Gasteiger partial charge on any atom is 0.326 e. The summed E-state index contributed by atoms with van der Waals surface area (Å²) in [6, 6.07) is 24.5. The van der Waals surface area contributed by atoms with Gasteiger partial charge in [0.25, 0.3) is 5.91 Å². The molecule has 3 aromatic carbocycles. The van der Waals surface area contributed by atoms with Gasteiger partial charge in [0.2, 0.25) is 15.9 Å². The fourth-order valence-electron chi connectivity index (χ4n) is 5.26. The van der Waals surface area contributed by atoms with Gasteiger partial charge in [-0.2, -0.15) is 0 Å². The van der Waals surface area contributed by atoms with Crippen molar-refractivity contribution in [2.45, 2.75) is 25.4 Å². The van der Waals surface area contributed by atoms with Gasteiger partial charge in [0, 0.05) is 62.0 Å². The van der Waals surface area contributed by atoms with Crippen LogP contribution in [0.1, 0.15) is 28.8 Å². The van der Waals surface area contributed by atoms with Crippen LogP contribution in [0.2, 0.25) is 5.02 Å². The van der Waals surface area contributed by atoms with E-state index in [-0.39, 0.29) is 23.5 Å². The standard InChI is InChI=1S/C33H35ClN6O5S/c1-35-32(41)29-20-25(11-14-30(29)34)37-33(42)40(26-6-4-3-5-7-26)27-16-18-39(19-17-27)22-23-8-15-31(36-21-23)45-28-12-9-24(10-13-28)38-46(2,43)44/h3-15,20-21,27,38H,16-19,22H2,1-2H3,(H,35,41)(H,37,42). The number of benzene rings is 3. The van der Waals surface area contributed by atoms with Crippen molar-refractivity contribution in [1.82, 2.24) is 15.2 Å². The molecule has 5 rings (SSSR count). The van der Waals surface area contributed by atoms with Gasteiger partial charge in [-0.3, -0.25) is 19.3 Å². The molecule has 3 N–H and O–H groups in total. The van der Waals surface area contributed by atoms with Crippen LogP contribution in [0, 0.1) is 0 Å². The van der Waals surface area contributed by atoms with Gasteiger partial charge in [-0.1, -0.05) is 35.9 Å². The largest absolute Gasteiger partial charge is 0.439 e. The number of pyridine rings is 1. The predicted molar refractivity (Wildman–Crippen MR) is 180 cm³/mol. The molecule has 1 aromatic heterocycles. The van der Waals surface area contributed by atoms with Crippen molar-refractivity contribution in [1.29, 1.82) is 0 Å². The van der Waals surface area contributed by atoms with E-state index in [0.717, 1.165) is 43.4 Å². The maximum atomic E-state index is 13.7. The first-order valence-electron chi connectivity index (χ1n) is 14.7. The summed E-state index contributed by atoms with van der Waals surface area (Å²) in [5.41, 5.74) is 3.04. The maximum absolute atomic E-state index is 13.7. The number of urea groups is 1. The number of carbonyl (C=O) groups is 2. The Labute approximate surface area is 273 Å². The molecule has 3 amide bonds. The molecule has 1 saturated heterocycles. The van der Waals surface area contributed by atoms with Crippen molar-refractivity contribution < 1.29 is 22.7 Å². The van der Waals surface area contributed by atoms with Crippen molar-refractivity contribution in [3.05, 3.63) is 107 Å². The van der Waals surface area contributed by atoms with Crippen molar-refractivity contribution in [3.8, 4) is 11.6 Å². The number of hydrogen-bond acceptors (Lipinski definition) is 7. The van der Waals surface area contributed by atoms with E-state index < -0.39 is 10.0 Å². The second kappa shape index (κ2) is 14.6. The molecule has 4 aromatic rings. The highest BCUT2D eigenvalue weighted by molar-refractivity contribution is 7.92. The molecule has 13 heteroatoms. The summed E-state index contributed by atoms with van der Waals surface area (Å²) >= 11 is 6.20. The molecular formula is C33H35ClN6O5S. The lowest BCUT2D eigenvalue weighted by Gasteiger charge is -2.38. The fourth-order valence-corrected chi connectivity index (χ4v) is 6.03. The quantitative estimate of drug-likeness (QED) is 0.191. The Morgan fingerprint density at radius 1 is 0.978 bits per heavy atom. The van der Waals surface area contributed by atoms with Crippen molar-refractivity contribution in [3.63, 3.8) is 0 Å².